The van der Waals surface area contributed by atoms with Crippen LogP contribution in [0, 0.1) is 6.92 Å². The van der Waals surface area contributed by atoms with Gasteiger partial charge in [0.1, 0.15) is 17.3 Å². The molecule has 0 aliphatic carbocycles. The molecule has 1 aliphatic heterocycles. The number of piperidine rings is 1. The Morgan fingerprint density at radius 3 is 2.38 bits per heavy atom. The number of aliphatic hydroxyl groups is 1. The number of nitrogens with zero attached hydrogens (tertiary/aromatic N) is 4. The van der Waals surface area contributed by atoms with Crippen molar-refractivity contribution < 1.29 is 14.6 Å². The standard InChI is InChI=1S/C31H44N4O3S/c1-9-31(6,7)24-15-22(14-23(28(24)38-8)30(3,4)5)29-32-16-26(39-29)21-10-12-34(13-11-21)27(37)17-35-19-33-20(2)25(35)18-36/h14-16,19,21,36H,9-13,17-18H2,1-8H3. The van der Waals surface area contributed by atoms with E-state index in [9.17, 15) is 9.90 Å². The van der Waals surface area contributed by atoms with Gasteiger partial charge in [-0.05, 0) is 55.1 Å². The Morgan fingerprint density at radius 1 is 1.13 bits per heavy atom. The lowest BCUT2D eigenvalue weighted by Gasteiger charge is -2.32. The number of rotatable bonds is 8. The fourth-order valence-electron chi connectivity index (χ4n) is 5.34. The van der Waals surface area contributed by atoms with Crippen LogP contribution in [0.4, 0.5) is 0 Å². The molecule has 0 saturated carbocycles. The Balaban J connectivity index is 1.52. The second kappa shape index (κ2) is 11.4. The highest BCUT2D eigenvalue weighted by atomic mass is 32.1. The molecule has 0 bridgehead atoms. The van der Waals surface area contributed by atoms with Crippen LogP contribution in [0.15, 0.2) is 24.7 Å². The summed E-state index contributed by atoms with van der Waals surface area (Å²) >= 11 is 1.78. The molecule has 1 aromatic carbocycles. The Morgan fingerprint density at radius 2 is 1.79 bits per heavy atom. The molecule has 1 aliphatic rings. The van der Waals surface area contributed by atoms with Crippen molar-refractivity contribution in [2.45, 2.75) is 97.6 Å². The first-order valence-corrected chi connectivity index (χ1v) is 14.8. The van der Waals surface area contributed by atoms with Crippen molar-refractivity contribution in [3.05, 3.63) is 52.0 Å². The van der Waals surface area contributed by atoms with Gasteiger partial charge in [-0.15, -0.1) is 11.3 Å². The number of likely N-dealkylation sites (tertiary alicyclic amines) is 1. The van der Waals surface area contributed by atoms with Crippen LogP contribution in [0.25, 0.3) is 10.6 Å². The van der Waals surface area contributed by atoms with Crippen molar-refractivity contribution in [2.24, 2.45) is 0 Å². The summed E-state index contributed by atoms with van der Waals surface area (Å²) in [5.41, 5.74) is 4.98. The van der Waals surface area contributed by atoms with E-state index in [1.807, 2.05) is 18.0 Å². The zero-order valence-corrected chi connectivity index (χ0v) is 25.6. The maximum Gasteiger partial charge on any atom is 0.242 e. The maximum absolute atomic E-state index is 13.0. The van der Waals surface area contributed by atoms with E-state index in [0.29, 0.717) is 11.6 Å². The Hall–Kier alpha value is -2.71. The number of carbonyl (C=O) groups is 1. The number of ether oxygens (including phenoxy) is 1. The number of methoxy groups -OCH3 is 1. The summed E-state index contributed by atoms with van der Waals surface area (Å²) in [7, 11) is 1.78. The molecule has 1 N–H and O–H groups in total. The van der Waals surface area contributed by atoms with E-state index >= 15 is 0 Å². The molecule has 0 unspecified atom stereocenters. The number of aryl methyl sites for hydroxylation is 1. The second-order valence-electron chi connectivity index (χ2n) is 12.4. The van der Waals surface area contributed by atoms with E-state index in [0.717, 1.165) is 54.4 Å². The predicted octanol–water partition coefficient (Wildman–Crippen LogP) is 6.21. The van der Waals surface area contributed by atoms with Gasteiger partial charge in [0.15, 0.2) is 0 Å². The van der Waals surface area contributed by atoms with Crippen LogP contribution in [-0.2, 0) is 28.8 Å². The Kier molecular flexibility index (Phi) is 8.57. The Bertz CT molecular complexity index is 1310. The van der Waals surface area contributed by atoms with E-state index in [-0.39, 0.29) is 29.9 Å². The van der Waals surface area contributed by atoms with Crippen molar-refractivity contribution >= 4 is 17.2 Å². The van der Waals surface area contributed by atoms with Crippen molar-refractivity contribution in [3.8, 4) is 16.3 Å². The lowest BCUT2D eigenvalue weighted by Crippen LogP contribution is -2.39. The summed E-state index contributed by atoms with van der Waals surface area (Å²) in [6.07, 6.45) is 6.54. The van der Waals surface area contributed by atoms with Gasteiger partial charge < -0.3 is 19.3 Å². The fraction of sp³-hybridized carbons (Fsp3) is 0.581. The lowest BCUT2D eigenvalue weighted by molar-refractivity contribution is -0.132. The van der Waals surface area contributed by atoms with Crippen LogP contribution in [0.1, 0.15) is 94.1 Å². The molecule has 212 valence electrons. The van der Waals surface area contributed by atoms with Gasteiger partial charge in [0.05, 0.1) is 31.4 Å². The SMILES string of the molecule is CCC(C)(C)c1cc(-c2ncc(C3CCN(C(=O)Cn4cnc(C)c4CO)CC3)s2)cc(C(C)(C)C)c1OC. The molecular weight excluding hydrogens is 508 g/mol. The van der Waals surface area contributed by atoms with Crippen LogP contribution in [-0.4, -0.2) is 50.6 Å². The van der Waals surface area contributed by atoms with Crippen LogP contribution in [0.3, 0.4) is 0 Å². The number of hydrogen-bond donors (Lipinski definition) is 1. The van der Waals surface area contributed by atoms with Gasteiger partial charge in [0, 0.05) is 40.9 Å². The molecule has 4 rings (SSSR count). The molecule has 0 atom stereocenters. The highest BCUT2D eigenvalue weighted by Crippen LogP contribution is 2.45. The van der Waals surface area contributed by atoms with E-state index < -0.39 is 0 Å². The quantitative estimate of drug-likeness (QED) is 0.360. The lowest BCUT2D eigenvalue weighted by atomic mass is 9.76. The molecule has 1 saturated heterocycles. The minimum Gasteiger partial charge on any atom is -0.496 e. The average molecular weight is 553 g/mol. The van der Waals surface area contributed by atoms with Crippen LogP contribution >= 0.6 is 11.3 Å². The summed E-state index contributed by atoms with van der Waals surface area (Å²) in [6.45, 7) is 16.9. The van der Waals surface area contributed by atoms with E-state index in [2.05, 4.69) is 58.7 Å². The van der Waals surface area contributed by atoms with E-state index in [4.69, 9.17) is 9.72 Å². The molecule has 39 heavy (non-hydrogen) atoms. The number of aliphatic hydroxyl groups excluding tert-OH is 1. The van der Waals surface area contributed by atoms with Crippen molar-refractivity contribution in [1.29, 1.82) is 0 Å². The largest absolute Gasteiger partial charge is 0.496 e. The summed E-state index contributed by atoms with van der Waals surface area (Å²) in [5.74, 6) is 1.46. The third-order valence-electron chi connectivity index (χ3n) is 8.35. The number of aromatic nitrogens is 3. The molecule has 0 spiro atoms. The van der Waals surface area contributed by atoms with Crippen LogP contribution in [0.5, 0.6) is 5.75 Å². The number of amides is 1. The molecular formula is C31H44N4O3S. The third kappa shape index (κ3) is 6.07. The Labute approximate surface area is 237 Å². The zero-order chi connectivity index (χ0) is 28.5. The normalized spacial score (nSPS) is 15.2. The fourth-order valence-corrected chi connectivity index (χ4v) is 6.41. The van der Waals surface area contributed by atoms with Gasteiger partial charge in [-0.2, -0.15) is 0 Å². The van der Waals surface area contributed by atoms with Gasteiger partial charge in [-0.3, -0.25) is 4.79 Å². The molecule has 3 aromatic rings. The maximum atomic E-state index is 13.0. The first-order valence-electron chi connectivity index (χ1n) is 14.0. The van der Waals surface area contributed by atoms with Gasteiger partial charge in [-0.25, -0.2) is 9.97 Å². The van der Waals surface area contributed by atoms with Gasteiger partial charge in [0.2, 0.25) is 5.91 Å². The zero-order valence-electron chi connectivity index (χ0n) is 24.8. The van der Waals surface area contributed by atoms with Gasteiger partial charge >= 0.3 is 0 Å². The molecule has 1 fully saturated rings. The topological polar surface area (TPSA) is 80.5 Å². The van der Waals surface area contributed by atoms with Crippen molar-refractivity contribution in [1.82, 2.24) is 19.4 Å². The molecule has 0 radical (unpaired) electrons. The van der Waals surface area contributed by atoms with Crippen LogP contribution < -0.4 is 4.74 Å². The minimum absolute atomic E-state index is 0.0197. The minimum atomic E-state index is -0.113. The molecule has 3 heterocycles. The van der Waals surface area contributed by atoms with E-state index in [1.165, 1.54) is 16.0 Å². The smallest absolute Gasteiger partial charge is 0.242 e. The highest BCUT2D eigenvalue weighted by Gasteiger charge is 2.31. The summed E-state index contributed by atoms with van der Waals surface area (Å²) in [5, 5.41) is 10.6. The van der Waals surface area contributed by atoms with Gasteiger partial charge in [-0.1, -0.05) is 41.5 Å². The van der Waals surface area contributed by atoms with Crippen molar-refractivity contribution in [2.75, 3.05) is 20.2 Å². The third-order valence-corrected chi connectivity index (χ3v) is 9.55. The van der Waals surface area contributed by atoms with Crippen molar-refractivity contribution in [3.63, 3.8) is 0 Å². The number of benzene rings is 1. The first-order chi connectivity index (χ1) is 18.4. The van der Waals surface area contributed by atoms with Gasteiger partial charge in [0.25, 0.3) is 0 Å². The molecule has 8 heteroatoms. The summed E-state index contributed by atoms with van der Waals surface area (Å²) in [6, 6.07) is 4.54. The molecule has 2 aromatic heterocycles. The predicted molar refractivity (Wildman–Crippen MR) is 158 cm³/mol. The van der Waals surface area contributed by atoms with E-state index in [1.54, 1.807) is 29.3 Å². The summed E-state index contributed by atoms with van der Waals surface area (Å²) < 4.78 is 7.75. The van der Waals surface area contributed by atoms with Crippen LogP contribution in [0.2, 0.25) is 0 Å². The number of thiazole rings is 1. The second-order valence-corrected chi connectivity index (χ2v) is 13.4. The number of imidazole rings is 1. The molecule has 1 amide bonds. The summed E-state index contributed by atoms with van der Waals surface area (Å²) in [4.78, 5) is 25.3. The highest BCUT2D eigenvalue weighted by molar-refractivity contribution is 7.15. The number of carbonyl (C=O) groups excluding carboxylic acids is 1. The first kappa shape index (κ1) is 29.3. The monoisotopic (exact) mass is 552 g/mol. The average Bonchev–Trinajstić information content (AvgIpc) is 3.54. The number of hydrogen-bond acceptors (Lipinski definition) is 6. The molecule has 7 nitrogen and oxygen atoms in total.